The number of halogens is 1. The third kappa shape index (κ3) is 4.71. The second-order valence-corrected chi connectivity index (χ2v) is 6.29. The lowest BCUT2D eigenvalue weighted by Gasteiger charge is -2.30. The fourth-order valence-corrected chi connectivity index (χ4v) is 3.30. The molecule has 1 aromatic rings. The molecule has 2 rings (SSSR count). The molecule has 1 fully saturated rings. The van der Waals surface area contributed by atoms with Gasteiger partial charge in [0.25, 0.3) is 0 Å². The molecule has 104 valence electrons. The highest BCUT2D eigenvalue weighted by molar-refractivity contribution is 7.99. The molecule has 1 saturated heterocycles. The van der Waals surface area contributed by atoms with Crippen LogP contribution in [0.15, 0.2) is 24.3 Å². The van der Waals surface area contributed by atoms with Crippen LogP contribution < -0.4 is 5.73 Å². The van der Waals surface area contributed by atoms with Crippen LogP contribution in [0.25, 0.3) is 0 Å². The van der Waals surface area contributed by atoms with Crippen LogP contribution in [0.4, 0.5) is 0 Å². The number of nitrogens with zero attached hydrogens (tertiary/aromatic N) is 1. The van der Waals surface area contributed by atoms with E-state index in [1.165, 1.54) is 0 Å². The predicted octanol–water partition coefficient (Wildman–Crippen LogP) is 2.52. The van der Waals surface area contributed by atoms with Gasteiger partial charge in [0.1, 0.15) is 0 Å². The number of carbonyl (C=O) groups excluding carboxylic acids is 1. The van der Waals surface area contributed by atoms with Gasteiger partial charge in [-0.15, -0.1) is 11.8 Å². The molecule has 1 aliphatic heterocycles. The summed E-state index contributed by atoms with van der Waals surface area (Å²) in [6.07, 6.45) is 2.05. The highest BCUT2D eigenvalue weighted by Gasteiger charge is 2.20. The van der Waals surface area contributed by atoms with E-state index in [0.717, 1.165) is 35.7 Å². The highest BCUT2D eigenvalue weighted by atomic mass is 35.5. The van der Waals surface area contributed by atoms with Crippen LogP contribution in [0.2, 0.25) is 5.02 Å². The molecule has 1 atom stereocenters. The molecule has 3 nitrogen and oxygen atoms in total. The fraction of sp³-hybridized carbons (Fsp3) is 0.500. The van der Waals surface area contributed by atoms with Crippen LogP contribution in [0.5, 0.6) is 0 Å². The quantitative estimate of drug-likeness (QED) is 0.929. The molecule has 2 N–H and O–H groups in total. The van der Waals surface area contributed by atoms with E-state index in [1.54, 1.807) is 11.8 Å². The molecule has 1 heterocycles. The van der Waals surface area contributed by atoms with Gasteiger partial charge in [0, 0.05) is 29.9 Å². The molecule has 0 saturated carbocycles. The van der Waals surface area contributed by atoms with Crippen LogP contribution in [0.1, 0.15) is 18.4 Å². The summed E-state index contributed by atoms with van der Waals surface area (Å²) in [6.45, 7) is 1.56. The van der Waals surface area contributed by atoms with Gasteiger partial charge < -0.3 is 10.6 Å². The van der Waals surface area contributed by atoms with Gasteiger partial charge in [-0.05, 0) is 30.5 Å². The minimum atomic E-state index is 0.149. The molecule has 0 radical (unpaired) electrons. The monoisotopic (exact) mass is 298 g/mol. The number of amides is 1. The number of rotatable bonds is 4. The molecule has 0 aliphatic carbocycles. The lowest BCUT2D eigenvalue weighted by Crippen LogP contribution is -2.46. The highest BCUT2D eigenvalue weighted by Crippen LogP contribution is 2.17. The summed E-state index contributed by atoms with van der Waals surface area (Å²) in [7, 11) is 0. The summed E-state index contributed by atoms with van der Waals surface area (Å²) < 4.78 is 0. The minimum absolute atomic E-state index is 0.149. The van der Waals surface area contributed by atoms with Crippen LogP contribution >= 0.6 is 23.4 Å². The Kier molecular flexibility index (Phi) is 5.55. The van der Waals surface area contributed by atoms with Crippen molar-refractivity contribution in [3.8, 4) is 0 Å². The first-order valence-corrected chi connectivity index (χ1v) is 8.04. The molecule has 0 bridgehead atoms. The van der Waals surface area contributed by atoms with Crippen LogP contribution in [-0.2, 0) is 10.5 Å². The lowest BCUT2D eigenvalue weighted by molar-refractivity contribution is -0.129. The van der Waals surface area contributed by atoms with E-state index < -0.39 is 0 Å². The summed E-state index contributed by atoms with van der Waals surface area (Å²) in [6, 6.07) is 7.91. The van der Waals surface area contributed by atoms with Gasteiger partial charge in [-0.2, -0.15) is 0 Å². The Balaban J connectivity index is 1.74. The summed E-state index contributed by atoms with van der Waals surface area (Å²) in [5.41, 5.74) is 7.04. The van der Waals surface area contributed by atoms with Crippen molar-refractivity contribution >= 4 is 29.3 Å². The SMILES string of the molecule is NC1CCCN(C(=O)CSCc2cccc(Cl)c2)C1. The van der Waals surface area contributed by atoms with Gasteiger partial charge in [-0.3, -0.25) is 4.79 Å². The number of thioether (sulfide) groups is 1. The van der Waals surface area contributed by atoms with Crippen molar-refractivity contribution in [3.63, 3.8) is 0 Å². The number of benzene rings is 1. The normalized spacial score (nSPS) is 19.5. The second-order valence-electron chi connectivity index (χ2n) is 4.86. The second kappa shape index (κ2) is 7.17. The molecule has 19 heavy (non-hydrogen) atoms. The van der Waals surface area contributed by atoms with Gasteiger partial charge in [-0.25, -0.2) is 0 Å². The number of nitrogens with two attached hydrogens (primary N) is 1. The molecular weight excluding hydrogens is 280 g/mol. The van der Waals surface area contributed by atoms with Crippen molar-refractivity contribution in [1.29, 1.82) is 0 Å². The Labute approximate surface area is 123 Å². The molecule has 1 unspecified atom stereocenters. The zero-order valence-corrected chi connectivity index (χ0v) is 12.4. The van der Waals surface area contributed by atoms with E-state index in [9.17, 15) is 4.79 Å². The number of likely N-dealkylation sites (tertiary alicyclic amines) is 1. The Morgan fingerprint density at radius 1 is 1.53 bits per heavy atom. The predicted molar refractivity (Wildman–Crippen MR) is 81.4 cm³/mol. The van der Waals surface area contributed by atoms with Gasteiger partial charge in [0.05, 0.1) is 5.75 Å². The standard InChI is InChI=1S/C14H19ClN2OS/c15-12-4-1-3-11(7-12)9-19-10-14(18)17-6-2-5-13(16)8-17/h1,3-4,7,13H,2,5-6,8-10,16H2. The van der Waals surface area contributed by atoms with Crippen molar-refractivity contribution in [3.05, 3.63) is 34.9 Å². The lowest BCUT2D eigenvalue weighted by atomic mass is 10.1. The molecule has 0 spiro atoms. The Hall–Kier alpha value is -0.710. The third-order valence-corrected chi connectivity index (χ3v) is 4.42. The summed E-state index contributed by atoms with van der Waals surface area (Å²) in [5, 5.41) is 0.742. The fourth-order valence-electron chi connectivity index (χ4n) is 2.21. The molecular formula is C14H19ClN2OS. The zero-order valence-electron chi connectivity index (χ0n) is 10.8. The van der Waals surface area contributed by atoms with Gasteiger partial charge in [0.15, 0.2) is 0 Å². The maximum atomic E-state index is 12.0. The van der Waals surface area contributed by atoms with Crippen molar-refractivity contribution in [2.75, 3.05) is 18.8 Å². The summed E-state index contributed by atoms with van der Waals surface area (Å²) in [4.78, 5) is 13.9. The van der Waals surface area contributed by atoms with Crippen molar-refractivity contribution in [2.45, 2.75) is 24.6 Å². The zero-order chi connectivity index (χ0) is 13.7. The van der Waals surface area contributed by atoms with Crippen molar-refractivity contribution in [2.24, 2.45) is 5.73 Å². The number of carbonyl (C=O) groups is 1. The molecule has 1 amide bonds. The van der Waals surface area contributed by atoms with Gasteiger partial charge in [0.2, 0.25) is 5.91 Å². The number of hydrogen-bond acceptors (Lipinski definition) is 3. The van der Waals surface area contributed by atoms with Crippen molar-refractivity contribution < 1.29 is 4.79 Å². The van der Waals surface area contributed by atoms with Crippen LogP contribution in [0.3, 0.4) is 0 Å². The van der Waals surface area contributed by atoms with E-state index in [1.807, 2.05) is 29.2 Å². The van der Waals surface area contributed by atoms with E-state index in [-0.39, 0.29) is 11.9 Å². The smallest absolute Gasteiger partial charge is 0.232 e. The molecule has 0 aromatic heterocycles. The average molecular weight is 299 g/mol. The van der Waals surface area contributed by atoms with Crippen LogP contribution in [-0.4, -0.2) is 35.7 Å². The first kappa shape index (κ1) is 14.7. The number of piperidine rings is 1. The van der Waals surface area contributed by atoms with E-state index in [2.05, 4.69) is 0 Å². The Morgan fingerprint density at radius 3 is 3.11 bits per heavy atom. The maximum Gasteiger partial charge on any atom is 0.232 e. The van der Waals surface area contributed by atoms with Gasteiger partial charge in [-0.1, -0.05) is 23.7 Å². The minimum Gasteiger partial charge on any atom is -0.340 e. The summed E-state index contributed by atoms with van der Waals surface area (Å²) in [5.74, 6) is 1.52. The Bertz CT molecular complexity index is 441. The Morgan fingerprint density at radius 2 is 2.37 bits per heavy atom. The van der Waals surface area contributed by atoms with Crippen LogP contribution in [0, 0.1) is 0 Å². The third-order valence-electron chi connectivity index (χ3n) is 3.19. The molecule has 5 heteroatoms. The van der Waals surface area contributed by atoms with Gasteiger partial charge >= 0.3 is 0 Å². The van der Waals surface area contributed by atoms with E-state index >= 15 is 0 Å². The topological polar surface area (TPSA) is 46.3 Å². The van der Waals surface area contributed by atoms with Crippen molar-refractivity contribution in [1.82, 2.24) is 4.90 Å². The molecule has 1 aliphatic rings. The number of hydrogen-bond donors (Lipinski definition) is 1. The first-order valence-electron chi connectivity index (χ1n) is 6.50. The van der Waals surface area contributed by atoms with E-state index in [0.29, 0.717) is 12.3 Å². The average Bonchev–Trinajstić information content (AvgIpc) is 2.38. The first-order chi connectivity index (χ1) is 9.15. The summed E-state index contributed by atoms with van der Waals surface area (Å²) >= 11 is 7.55. The largest absolute Gasteiger partial charge is 0.340 e. The molecule has 1 aromatic carbocycles. The maximum absolute atomic E-state index is 12.0. The van der Waals surface area contributed by atoms with E-state index in [4.69, 9.17) is 17.3 Å².